The number of nitrogens with two attached hydrogens (primary N) is 1. The summed E-state index contributed by atoms with van der Waals surface area (Å²) in [5, 5.41) is 0. The maximum atomic E-state index is 5.53. The van der Waals surface area contributed by atoms with Gasteiger partial charge in [0.2, 0.25) is 0 Å². The van der Waals surface area contributed by atoms with E-state index in [2.05, 4.69) is 32.9 Å². The maximum Gasteiger partial charge on any atom is 0.0184 e. The third-order valence-corrected chi connectivity index (χ3v) is 1.88. The summed E-state index contributed by atoms with van der Waals surface area (Å²) in [7, 11) is 0. The number of benzene rings is 1. The third-order valence-electron chi connectivity index (χ3n) is 1.88. The van der Waals surface area contributed by atoms with Crippen LogP contribution in [0.4, 0.5) is 0 Å². The van der Waals surface area contributed by atoms with Crippen molar-refractivity contribution in [1.82, 2.24) is 0 Å². The third kappa shape index (κ3) is 2.08. The quantitative estimate of drug-likeness (QED) is 0.673. The minimum Gasteiger partial charge on any atom is -0.326 e. The molecule has 0 atom stereocenters. The fourth-order valence-electron chi connectivity index (χ4n) is 1.07. The zero-order valence-corrected chi connectivity index (χ0v) is 8.02. The van der Waals surface area contributed by atoms with Gasteiger partial charge in [-0.2, -0.15) is 0 Å². The molecule has 0 heterocycles. The Labute approximate surface area is 74.6 Å². The highest BCUT2D eigenvalue weighted by Gasteiger charge is 2.13. The van der Waals surface area contributed by atoms with Gasteiger partial charge in [0, 0.05) is 6.54 Å². The lowest BCUT2D eigenvalue weighted by molar-refractivity contribution is 0.588. The zero-order chi connectivity index (χ0) is 9.19. The van der Waals surface area contributed by atoms with E-state index in [9.17, 15) is 0 Å². The molecule has 65 valence electrons. The van der Waals surface area contributed by atoms with Crippen LogP contribution < -0.4 is 5.73 Å². The molecule has 0 aliphatic rings. The van der Waals surface area contributed by atoms with E-state index in [4.69, 9.17) is 5.73 Å². The van der Waals surface area contributed by atoms with Crippen molar-refractivity contribution in [3.63, 3.8) is 0 Å². The van der Waals surface area contributed by atoms with Gasteiger partial charge in [-0.3, -0.25) is 0 Å². The SMILES string of the molecule is CC(C)(C)c1[c]c(CN)ccc1. The molecule has 0 unspecified atom stereocenters. The first-order chi connectivity index (χ1) is 5.54. The van der Waals surface area contributed by atoms with Crippen LogP contribution in [-0.4, -0.2) is 0 Å². The Hall–Kier alpha value is -0.820. The van der Waals surface area contributed by atoms with E-state index in [1.807, 2.05) is 12.1 Å². The van der Waals surface area contributed by atoms with E-state index in [1.54, 1.807) is 0 Å². The standard InChI is InChI=1S/C11H16N/c1-11(2,3)10-6-4-5-9(7-10)8-12/h4-6H,8,12H2,1-3H3. The van der Waals surface area contributed by atoms with Crippen molar-refractivity contribution in [2.45, 2.75) is 32.7 Å². The van der Waals surface area contributed by atoms with E-state index in [1.165, 1.54) is 5.56 Å². The largest absolute Gasteiger partial charge is 0.326 e. The number of hydrogen-bond donors (Lipinski definition) is 1. The Balaban J connectivity index is 3.02. The lowest BCUT2D eigenvalue weighted by Gasteiger charge is -2.18. The topological polar surface area (TPSA) is 26.0 Å². The van der Waals surface area contributed by atoms with Crippen LogP contribution in [0.5, 0.6) is 0 Å². The van der Waals surface area contributed by atoms with Gasteiger partial charge in [-0.1, -0.05) is 39.0 Å². The summed E-state index contributed by atoms with van der Waals surface area (Å²) >= 11 is 0. The maximum absolute atomic E-state index is 5.53. The summed E-state index contributed by atoms with van der Waals surface area (Å²) in [5.74, 6) is 0. The van der Waals surface area contributed by atoms with Crippen LogP contribution >= 0.6 is 0 Å². The molecule has 1 aromatic rings. The molecule has 2 N–H and O–H groups in total. The first-order valence-corrected chi connectivity index (χ1v) is 4.26. The molecule has 1 heteroatoms. The second-order valence-electron chi connectivity index (χ2n) is 4.04. The molecule has 0 aliphatic carbocycles. The molecule has 1 aromatic carbocycles. The van der Waals surface area contributed by atoms with Gasteiger partial charge in [0.05, 0.1) is 0 Å². The average Bonchev–Trinajstić information content (AvgIpc) is 2.03. The molecule has 0 fully saturated rings. The molecule has 0 aliphatic heterocycles. The van der Waals surface area contributed by atoms with E-state index < -0.39 is 0 Å². The first-order valence-electron chi connectivity index (χ1n) is 4.26. The minimum absolute atomic E-state index is 0.172. The first kappa shape index (κ1) is 9.27. The molecule has 1 radical (unpaired) electrons. The second kappa shape index (κ2) is 3.28. The normalized spacial score (nSPS) is 11.7. The summed E-state index contributed by atoms with van der Waals surface area (Å²) in [6.45, 7) is 7.11. The molecule has 0 saturated heterocycles. The lowest BCUT2D eigenvalue weighted by Crippen LogP contribution is -2.12. The predicted molar refractivity (Wildman–Crippen MR) is 51.9 cm³/mol. The molecule has 0 aromatic heterocycles. The molecule has 0 bridgehead atoms. The van der Waals surface area contributed by atoms with Crippen molar-refractivity contribution in [2.24, 2.45) is 5.73 Å². The van der Waals surface area contributed by atoms with Gasteiger partial charge >= 0.3 is 0 Å². The van der Waals surface area contributed by atoms with Crippen molar-refractivity contribution in [2.75, 3.05) is 0 Å². The summed E-state index contributed by atoms with van der Waals surface area (Å²) in [4.78, 5) is 0. The van der Waals surface area contributed by atoms with E-state index in [-0.39, 0.29) is 5.41 Å². The molecule has 0 saturated carbocycles. The fourth-order valence-corrected chi connectivity index (χ4v) is 1.07. The Bertz CT molecular complexity index is 258. The van der Waals surface area contributed by atoms with Crippen LogP contribution in [0.2, 0.25) is 0 Å². The summed E-state index contributed by atoms with van der Waals surface area (Å²) in [6.07, 6.45) is 0. The zero-order valence-electron chi connectivity index (χ0n) is 8.02. The van der Waals surface area contributed by atoms with Gasteiger partial charge in [-0.15, -0.1) is 0 Å². The van der Waals surface area contributed by atoms with Gasteiger partial charge in [0.25, 0.3) is 0 Å². The van der Waals surface area contributed by atoms with Gasteiger partial charge in [-0.05, 0) is 22.6 Å². The smallest absolute Gasteiger partial charge is 0.0184 e. The van der Waals surface area contributed by atoms with Crippen LogP contribution in [0.3, 0.4) is 0 Å². The van der Waals surface area contributed by atoms with Crippen molar-refractivity contribution in [1.29, 1.82) is 0 Å². The number of rotatable bonds is 1. The predicted octanol–water partition coefficient (Wildman–Crippen LogP) is 2.24. The monoisotopic (exact) mass is 162 g/mol. The molecule has 1 nitrogen and oxygen atoms in total. The molecule has 1 rings (SSSR count). The Morgan fingerprint density at radius 3 is 2.50 bits per heavy atom. The highest BCUT2D eigenvalue weighted by Crippen LogP contribution is 2.21. The minimum atomic E-state index is 0.172. The summed E-state index contributed by atoms with van der Waals surface area (Å²) in [5.41, 5.74) is 8.02. The average molecular weight is 162 g/mol. The summed E-state index contributed by atoms with van der Waals surface area (Å²) < 4.78 is 0. The fraction of sp³-hybridized carbons (Fsp3) is 0.455. The highest BCUT2D eigenvalue weighted by atomic mass is 14.5. The van der Waals surface area contributed by atoms with Crippen molar-refractivity contribution >= 4 is 0 Å². The van der Waals surface area contributed by atoms with Gasteiger partial charge in [0.1, 0.15) is 0 Å². The van der Waals surface area contributed by atoms with Crippen LogP contribution in [0.1, 0.15) is 31.9 Å². The van der Waals surface area contributed by atoms with E-state index >= 15 is 0 Å². The Morgan fingerprint density at radius 2 is 2.00 bits per heavy atom. The van der Waals surface area contributed by atoms with Gasteiger partial charge in [0.15, 0.2) is 0 Å². The van der Waals surface area contributed by atoms with Crippen LogP contribution in [0.25, 0.3) is 0 Å². The Kier molecular flexibility index (Phi) is 2.53. The van der Waals surface area contributed by atoms with Crippen molar-refractivity contribution < 1.29 is 0 Å². The van der Waals surface area contributed by atoms with E-state index in [0.29, 0.717) is 6.54 Å². The highest BCUT2D eigenvalue weighted by molar-refractivity contribution is 5.26. The van der Waals surface area contributed by atoms with Crippen LogP contribution in [0.15, 0.2) is 18.2 Å². The lowest BCUT2D eigenvalue weighted by atomic mass is 9.86. The van der Waals surface area contributed by atoms with Gasteiger partial charge in [-0.25, -0.2) is 0 Å². The van der Waals surface area contributed by atoms with Crippen LogP contribution in [0, 0.1) is 6.07 Å². The van der Waals surface area contributed by atoms with Gasteiger partial charge < -0.3 is 5.73 Å². The number of hydrogen-bond acceptors (Lipinski definition) is 1. The molecule has 0 spiro atoms. The Morgan fingerprint density at radius 1 is 1.33 bits per heavy atom. The van der Waals surface area contributed by atoms with Crippen LogP contribution in [-0.2, 0) is 12.0 Å². The molecular weight excluding hydrogens is 146 g/mol. The summed E-state index contributed by atoms with van der Waals surface area (Å²) in [6, 6.07) is 9.46. The molecule has 0 amide bonds. The van der Waals surface area contributed by atoms with Crippen molar-refractivity contribution in [3.8, 4) is 0 Å². The van der Waals surface area contributed by atoms with Crippen molar-refractivity contribution in [3.05, 3.63) is 35.4 Å². The molecular formula is C11H16N. The molecule has 12 heavy (non-hydrogen) atoms. The van der Waals surface area contributed by atoms with E-state index in [0.717, 1.165) is 5.56 Å². The second-order valence-corrected chi connectivity index (χ2v) is 4.04.